The van der Waals surface area contributed by atoms with Gasteiger partial charge in [-0.15, -0.1) is 0 Å². The molecule has 1 N–H and O–H groups in total. The highest BCUT2D eigenvalue weighted by Crippen LogP contribution is 2.42. The first-order valence-electron chi connectivity index (χ1n) is 8.22. The van der Waals surface area contributed by atoms with E-state index in [1.807, 2.05) is 4.90 Å². The van der Waals surface area contributed by atoms with E-state index in [0.717, 1.165) is 44.9 Å². The minimum absolute atomic E-state index is 0.0199. The van der Waals surface area contributed by atoms with Gasteiger partial charge in [0.2, 0.25) is 5.91 Å². The zero-order chi connectivity index (χ0) is 15.2. The molecule has 0 unspecified atom stereocenters. The Bertz CT molecular complexity index is 571. The number of likely N-dealkylation sites (tertiary alicyclic amines) is 2. The first-order chi connectivity index (χ1) is 10.7. The second-order valence-corrected chi connectivity index (χ2v) is 7.16. The van der Waals surface area contributed by atoms with Crippen molar-refractivity contribution in [2.75, 3.05) is 26.2 Å². The van der Waals surface area contributed by atoms with Crippen molar-refractivity contribution in [3.05, 3.63) is 18.0 Å². The molecule has 6 heteroatoms. The lowest BCUT2D eigenvalue weighted by Crippen LogP contribution is -2.44. The summed E-state index contributed by atoms with van der Waals surface area (Å²) in [6.45, 7) is 3.33. The molecule has 3 heterocycles. The van der Waals surface area contributed by atoms with Crippen LogP contribution in [0.5, 0.6) is 0 Å². The van der Waals surface area contributed by atoms with Crippen LogP contribution >= 0.6 is 0 Å². The molecule has 0 bridgehead atoms. The van der Waals surface area contributed by atoms with Gasteiger partial charge >= 0.3 is 0 Å². The van der Waals surface area contributed by atoms with Crippen LogP contribution in [0.4, 0.5) is 0 Å². The third-order valence-corrected chi connectivity index (χ3v) is 5.42. The van der Waals surface area contributed by atoms with E-state index < -0.39 is 0 Å². The van der Waals surface area contributed by atoms with Crippen LogP contribution in [0.3, 0.4) is 0 Å². The van der Waals surface area contributed by atoms with Crippen molar-refractivity contribution in [3.8, 4) is 0 Å². The fourth-order valence-corrected chi connectivity index (χ4v) is 3.82. The van der Waals surface area contributed by atoms with Crippen molar-refractivity contribution in [2.45, 2.75) is 32.1 Å². The molecule has 1 aromatic heterocycles. The summed E-state index contributed by atoms with van der Waals surface area (Å²) < 4.78 is 0. The van der Waals surface area contributed by atoms with Gasteiger partial charge in [-0.3, -0.25) is 14.7 Å². The van der Waals surface area contributed by atoms with Crippen LogP contribution < -0.4 is 0 Å². The average molecular weight is 302 g/mol. The van der Waals surface area contributed by atoms with Gasteiger partial charge in [-0.2, -0.15) is 5.10 Å². The number of amides is 2. The normalized spacial score (nSPS) is 24.3. The molecule has 4 rings (SSSR count). The number of rotatable bonds is 3. The summed E-state index contributed by atoms with van der Waals surface area (Å²) in [5, 5.41) is 6.57. The van der Waals surface area contributed by atoms with Crippen molar-refractivity contribution >= 4 is 11.8 Å². The minimum Gasteiger partial charge on any atom is -0.342 e. The molecule has 2 amide bonds. The second kappa shape index (κ2) is 5.11. The van der Waals surface area contributed by atoms with Crippen molar-refractivity contribution in [1.82, 2.24) is 20.0 Å². The van der Waals surface area contributed by atoms with E-state index in [2.05, 4.69) is 15.1 Å². The Labute approximate surface area is 129 Å². The van der Waals surface area contributed by atoms with Crippen LogP contribution in [0.25, 0.3) is 0 Å². The topological polar surface area (TPSA) is 69.3 Å². The Kier molecular flexibility index (Phi) is 3.20. The Morgan fingerprint density at radius 3 is 2.77 bits per heavy atom. The molecule has 1 aromatic rings. The van der Waals surface area contributed by atoms with E-state index in [0.29, 0.717) is 18.0 Å². The molecule has 2 aliphatic heterocycles. The van der Waals surface area contributed by atoms with Gasteiger partial charge in [0.15, 0.2) is 0 Å². The lowest BCUT2D eigenvalue weighted by atomic mass is 9.77. The average Bonchev–Trinajstić information content (AvgIpc) is 3.06. The fraction of sp³-hybridized carbons (Fsp3) is 0.688. The maximum atomic E-state index is 12.3. The quantitative estimate of drug-likeness (QED) is 0.914. The molecular formula is C16H22N4O2. The van der Waals surface area contributed by atoms with Gasteiger partial charge < -0.3 is 9.80 Å². The summed E-state index contributed by atoms with van der Waals surface area (Å²) in [5.74, 6) is 1.09. The second-order valence-electron chi connectivity index (χ2n) is 7.16. The number of H-pyrrole nitrogens is 1. The van der Waals surface area contributed by atoms with Crippen LogP contribution in [0.15, 0.2) is 12.3 Å². The summed E-state index contributed by atoms with van der Waals surface area (Å²) in [4.78, 5) is 28.5. The molecule has 118 valence electrons. The summed E-state index contributed by atoms with van der Waals surface area (Å²) in [6.07, 6.45) is 6.70. The lowest BCUT2D eigenvalue weighted by Gasteiger charge is -2.38. The van der Waals surface area contributed by atoms with Gasteiger partial charge in [0.1, 0.15) is 5.69 Å². The summed E-state index contributed by atoms with van der Waals surface area (Å²) in [5.41, 5.74) is 0.658. The van der Waals surface area contributed by atoms with Crippen LogP contribution in [-0.2, 0) is 4.79 Å². The van der Waals surface area contributed by atoms with Gasteiger partial charge in [-0.05, 0) is 37.7 Å². The van der Waals surface area contributed by atoms with E-state index in [1.165, 1.54) is 12.8 Å². The maximum absolute atomic E-state index is 12.3. The van der Waals surface area contributed by atoms with Gasteiger partial charge in [0.05, 0.1) is 0 Å². The number of carbonyl (C=O) groups is 2. The number of nitrogens with zero attached hydrogens (tertiary/aromatic N) is 3. The molecule has 0 aromatic carbocycles. The van der Waals surface area contributed by atoms with Crippen molar-refractivity contribution in [2.24, 2.45) is 11.3 Å². The van der Waals surface area contributed by atoms with Crippen molar-refractivity contribution in [1.29, 1.82) is 0 Å². The molecule has 22 heavy (non-hydrogen) atoms. The Balaban J connectivity index is 1.37. The predicted molar refractivity (Wildman–Crippen MR) is 80.1 cm³/mol. The smallest absolute Gasteiger partial charge is 0.271 e. The maximum Gasteiger partial charge on any atom is 0.271 e. The third-order valence-electron chi connectivity index (χ3n) is 5.42. The van der Waals surface area contributed by atoms with E-state index in [4.69, 9.17) is 0 Å². The van der Waals surface area contributed by atoms with E-state index in [1.54, 1.807) is 12.3 Å². The highest BCUT2D eigenvalue weighted by atomic mass is 16.2. The first-order valence-corrected chi connectivity index (χ1v) is 8.22. The first kappa shape index (κ1) is 13.8. The van der Waals surface area contributed by atoms with Gasteiger partial charge in [0, 0.05) is 44.2 Å². The molecule has 0 radical (unpaired) electrons. The summed E-state index contributed by atoms with van der Waals surface area (Å²) >= 11 is 0. The third kappa shape index (κ3) is 2.51. The fourth-order valence-electron chi connectivity index (χ4n) is 3.82. The number of aromatic nitrogens is 2. The monoisotopic (exact) mass is 302 g/mol. The molecule has 6 nitrogen and oxygen atoms in total. The van der Waals surface area contributed by atoms with E-state index in [9.17, 15) is 9.59 Å². The van der Waals surface area contributed by atoms with Crippen LogP contribution in [0.1, 0.15) is 42.6 Å². The Hall–Kier alpha value is -1.85. The van der Waals surface area contributed by atoms with E-state index >= 15 is 0 Å². The molecule has 0 atom stereocenters. The highest BCUT2D eigenvalue weighted by molar-refractivity contribution is 5.92. The number of piperidine rings is 1. The largest absolute Gasteiger partial charge is 0.342 e. The number of hydrogen-bond acceptors (Lipinski definition) is 3. The van der Waals surface area contributed by atoms with Crippen LogP contribution in [0.2, 0.25) is 0 Å². The van der Waals surface area contributed by atoms with E-state index in [-0.39, 0.29) is 11.3 Å². The molecule has 1 saturated carbocycles. The zero-order valence-electron chi connectivity index (χ0n) is 12.8. The number of hydrogen-bond donors (Lipinski definition) is 1. The summed E-state index contributed by atoms with van der Waals surface area (Å²) in [6, 6.07) is 1.71. The van der Waals surface area contributed by atoms with Crippen molar-refractivity contribution < 1.29 is 9.59 Å². The Morgan fingerprint density at radius 1 is 1.36 bits per heavy atom. The number of carbonyl (C=O) groups excluding carboxylic acids is 2. The minimum atomic E-state index is 0.0199. The predicted octanol–water partition coefficient (Wildman–Crippen LogP) is 1.27. The SMILES string of the molecule is O=C1CC2(CCN(C(=O)c3ccn[nH]3)CC2)CN1CC1CC1. The number of aromatic amines is 1. The number of nitrogens with one attached hydrogen (secondary N) is 1. The highest BCUT2D eigenvalue weighted by Gasteiger charge is 2.46. The van der Waals surface area contributed by atoms with Gasteiger partial charge in [-0.25, -0.2) is 0 Å². The van der Waals surface area contributed by atoms with Gasteiger partial charge in [0.25, 0.3) is 5.91 Å². The van der Waals surface area contributed by atoms with Crippen LogP contribution in [-0.4, -0.2) is 58.0 Å². The lowest BCUT2D eigenvalue weighted by molar-refractivity contribution is -0.128. The summed E-state index contributed by atoms with van der Waals surface area (Å²) in [7, 11) is 0. The van der Waals surface area contributed by atoms with Gasteiger partial charge in [-0.1, -0.05) is 0 Å². The molecule has 1 spiro atoms. The Morgan fingerprint density at radius 2 is 2.14 bits per heavy atom. The zero-order valence-corrected chi connectivity index (χ0v) is 12.8. The molecular weight excluding hydrogens is 280 g/mol. The molecule has 1 aliphatic carbocycles. The molecule has 2 saturated heterocycles. The standard InChI is InChI=1S/C16H22N4O2/c21-14-9-16(11-20(14)10-12-1-2-12)4-7-19(8-5-16)15(22)13-3-6-17-18-13/h3,6,12H,1-2,4-5,7-11H2,(H,17,18). The van der Waals surface area contributed by atoms with Crippen molar-refractivity contribution in [3.63, 3.8) is 0 Å². The molecule has 3 aliphatic rings. The molecule has 3 fully saturated rings. The van der Waals surface area contributed by atoms with Crippen LogP contribution in [0, 0.1) is 11.3 Å².